The van der Waals surface area contributed by atoms with Crippen LogP contribution in [0.2, 0.25) is 0 Å². The Hall–Kier alpha value is -3.21. The fourth-order valence-electron chi connectivity index (χ4n) is 2.76. The number of benzene rings is 2. The van der Waals surface area contributed by atoms with Crippen molar-refractivity contribution in [2.24, 2.45) is 0 Å². The van der Waals surface area contributed by atoms with Gasteiger partial charge in [-0.15, -0.1) is 0 Å². The van der Waals surface area contributed by atoms with Gasteiger partial charge >= 0.3 is 0 Å². The Bertz CT molecular complexity index is 1010. The molecule has 0 radical (unpaired) electrons. The van der Waals surface area contributed by atoms with E-state index in [2.05, 4.69) is 4.98 Å². The lowest BCUT2D eigenvalue weighted by atomic mass is 10.1. The summed E-state index contributed by atoms with van der Waals surface area (Å²) in [6.45, 7) is 0. The molecule has 22 heavy (non-hydrogen) atoms. The van der Waals surface area contributed by atoms with E-state index in [1.807, 2.05) is 52.9 Å². The van der Waals surface area contributed by atoms with E-state index >= 15 is 0 Å². The molecule has 106 valence electrons. The Labute approximate surface area is 125 Å². The van der Waals surface area contributed by atoms with E-state index in [0.29, 0.717) is 11.3 Å². The number of pyridine rings is 1. The van der Waals surface area contributed by atoms with Crippen LogP contribution >= 0.6 is 0 Å². The summed E-state index contributed by atoms with van der Waals surface area (Å²) in [5, 5.41) is 12.2. The van der Waals surface area contributed by atoms with Gasteiger partial charge in [-0.2, -0.15) is 0 Å². The molecule has 0 aliphatic heterocycles. The first-order chi connectivity index (χ1) is 10.8. The van der Waals surface area contributed by atoms with Gasteiger partial charge in [0.15, 0.2) is 0 Å². The molecule has 5 nitrogen and oxygen atoms in total. The number of para-hydroxylation sites is 1. The zero-order valence-corrected chi connectivity index (χ0v) is 11.5. The molecule has 0 saturated heterocycles. The number of nitro benzene ring substituents is 1. The van der Waals surface area contributed by atoms with Gasteiger partial charge in [0, 0.05) is 17.0 Å². The lowest BCUT2D eigenvalue weighted by molar-refractivity contribution is -0.383. The lowest BCUT2D eigenvalue weighted by Crippen LogP contribution is -1.97. The fraction of sp³-hybridized carbons (Fsp3) is 0. The first-order valence-electron chi connectivity index (χ1n) is 6.85. The van der Waals surface area contributed by atoms with Gasteiger partial charge in [-0.05, 0) is 6.07 Å². The van der Waals surface area contributed by atoms with Gasteiger partial charge < -0.3 is 0 Å². The smallest absolute Gasteiger partial charge is 0.286 e. The highest BCUT2D eigenvalue weighted by atomic mass is 16.6. The molecule has 5 heteroatoms. The molecule has 0 atom stereocenters. The average Bonchev–Trinajstić information content (AvgIpc) is 2.99. The van der Waals surface area contributed by atoms with Crippen LogP contribution in [0.15, 0.2) is 66.9 Å². The number of hydrogen-bond donors (Lipinski definition) is 0. The van der Waals surface area contributed by atoms with Crippen molar-refractivity contribution in [3.8, 4) is 11.4 Å². The number of aromatic nitrogens is 2. The van der Waals surface area contributed by atoms with Crippen LogP contribution in [0.5, 0.6) is 0 Å². The molecular formula is C17H11N3O2. The molecule has 0 amide bonds. The second-order valence-corrected chi connectivity index (χ2v) is 5.01. The van der Waals surface area contributed by atoms with Crippen LogP contribution in [0, 0.1) is 10.1 Å². The minimum atomic E-state index is -0.351. The maximum Gasteiger partial charge on any atom is 0.293 e. The Morgan fingerprint density at radius 1 is 0.955 bits per heavy atom. The lowest BCUT2D eigenvalue weighted by Gasteiger charge is -2.07. The molecule has 0 bridgehead atoms. The van der Waals surface area contributed by atoms with Gasteiger partial charge in [0.1, 0.15) is 11.3 Å². The second kappa shape index (κ2) is 4.66. The molecule has 0 spiro atoms. The number of nitro groups is 1. The molecule has 0 N–H and O–H groups in total. The number of rotatable bonds is 2. The third kappa shape index (κ3) is 1.76. The number of non-ortho nitro benzene ring substituents is 1. The van der Waals surface area contributed by atoms with Crippen LogP contribution in [0.1, 0.15) is 0 Å². The van der Waals surface area contributed by atoms with Crippen molar-refractivity contribution >= 4 is 22.1 Å². The molecule has 2 aromatic heterocycles. The molecule has 4 rings (SSSR count). The van der Waals surface area contributed by atoms with Gasteiger partial charge in [0.25, 0.3) is 5.69 Å². The molecule has 0 unspecified atom stereocenters. The third-order valence-corrected chi connectivity index (χ3v) is 3.72. The molecule has 0 saturated carbocycles. The van der Waals surface area contributed by atoms with E-state index in [0.717, 1.165) is 16.5 Å². The standard InChI is InChI=1S/C17H11N3O2/c21-20(22)15-8-4-7-12-9-10-14-11-18-17(19(14)16(12)15)13-5-2-1-3-6-13/h1-11H. The SMILES string of the molecule is O=[N+]([O-])c1cccc2ccc3cnc(-c4ccccc4)n3c12. The molecule has 0 fully saturated rings. The van der Waals surface area contributed by atoms with Gasteiger partial charge in [0.2, 0.25) is 0 Å². The summed E-state index contributed by atoms with van der Waals surface area (Å²) in [5.74, 6) is 0.704. The highest BCUT2D eigenvalue weighted by Gasteiger charge is 2.17. The summed E-state index contributed by atoms with van der Waals surface area (Å²) < 4.78 is 1.85. The maximum absolute atomic E-state index is 11.4. The molecule has 0 aliphatic rings. The van der Waals surface area contributed by atoms with Crippen molar-refractivity contribution in [3.05, 3.63) is 77.0 Å². The first kappa shape index (κ1) is 12.5. The average molecular weight is 289 g/mol. The topological polar surface area (TPSA) is 60.4 Å². The van der Waals surface area contributed by atoms with Crippen molar-refractivity contribution in [1.82, 2.24) is 9.38 Å². The van der Waals surface area contributed by atoms with Gasteiger partial charge in [-0.3, -0.25) is 14.5 Å². The summed E-state index contributed by atoms with van der Waals surface area (Å²) in [7, 11) is 0. The van der Waals surface area contributed by atoms with E-state index in [1.54, 1.807) is 12.3 Å². The van der Waals surface area contributed by atoms with Crippen molar-refractivity contribution in [2.75, 3.05) is 0 Å². The summed E-state index contributed by atoms with van der Waals surface area (Å²) in [6.07, 6.45) is 1.73. The van der Waals surface area contributed by atoms with Crippen LogP contribution in [-0.4, -0.2) is 14.3 Å². The Morgan fingerprint density at radius 3 is 2.55 bits per heavy atom. The van der Waals surface area contributed by atoms with Crippen molar-refractivity contribution < 1.29 is 4.92 Å². The molecule has 2 heterocycles. The van der Waals surface area contributed by atoms with Crippen LogP contribution in [0.25, 0.3) is 27.8 Å². The number of fused-ring (bicyclic) bond motifs is 3. The fourth-order valence-corrected chi connectivity index (χ4v) is 2.76. The zero-order chi connectivity index (χ0) is 15.1. The van der Waals surface area contributed by atoms with E-state index in [-0.39, 0.29) is 10.6 Å². The first-order valence-corrected chi connectivity index (χ1v) is 6.85. The predicted octanol–water partition coefficient (Wildman–Crippen LogP) is 4.06. The molecule has 0 aliphatic carbocycles. The van der Waals surface area contributed by atoms with Crippen LogP contribution in [0.4, 0.5) is 5.69 Å². The Morgan fingerprint density at radius 2 is 1.77 bits per heavy atom. The van der Waals surface area contributed by atoms with Gasteiger partial charge in [0.05, 0.1) is 16.6 Å². The third-order valence-electron chi connectivity index (χ3n) is 3.72. The van der Waals surface area contributed by atoms with Gasteiger partial charge in [-0.25, -0.2) is 4.98 Å². The highest BCUT2D eigenvalue weighted by Crippen LogP contribution is 2.30. The van der Waals surface area contributed by atoms with Crippen molar-refractivity contribution in [3.63, 3.8) is 0 Å². The Kier molecular flexibility index (Phi) is 2.66. The van der Waals surface area contributed by atoms with Crippen molar-refractivity contribution in [2.45, 2.75) is 0 Å². The van der Waals surface area contributed by atoms with E-state index < -0.39 is 0 Å². The second-order valence-electron chi connectivity index (χ2n) is 5.01. The van der Waals surface area contributed by atoms with Crippen LogP contribution in [0.3, 0.4) is 0 Å². The maximum atomic E-state index is 11.4. The van der Waals surface area contributed by atoms with E-state index in [1.165, 1.54) is 6.07 Å². The van der Waals surface area contributed by atoms with E-state index in [4.69, 9.17) is 0 Å². The highest BCUT2D eigenvalue weighted by molar-refractivity contribution is 5.91. The quantitative estimate of drug-likeness (QED) is 0.413. The van der Waals surface area contributed by atoms with Crippen LogP contribution in [-0.2, 0) is 0 Å². The number of hydrogen-bond acceptors (Lipinski definition) is 3. The number of nitrogens with zero attached hydrogens (tertiary/aromatic N) is 3. The summed E-state index contributed by atoms with van der Waals surface area (Å²) in [6, 6.07) is 18.6. The van der Waals surface area contributed by atoms with E-state index in [9.17, 15) is 10.1 Å². The minimum Gasteiger partial charge on any atom is -0.286 e. The van der Waals surface area contributed by atoms with Crippen molar-refractivity contribution in [1.29, 1.82) is 0 Å². The minimum absolute atomic E-state index is 0.0817. The summed E-state index contributed by atoms with van der Waals surface area (Å²) in [4.78, 5) is 15.5. The molecule has 2 aromatic carbocycles. The predicted molar refractivity (Wildman–Crippen MR) is 84.8 cm³/mol. The zero-order valence-electron chi connectivity index (χ0n) is 11.5. The summed E-state index contributed by atoms with van der Waals surface area (Å²) in [5.41, 5.74) is 2.41. The number of imidazole rings is 1. The normalized spacial score (nSPS) is 11.1. The monoisotopic (exact) mass is 289 g/mol. The summed E-state index contributed by atoms with van der Waals surface area (Å²) >= 11 is 0. The molecular weight excluding hydrogens is 278 g/mol. The van der Waals surface area contributed by atoms with Crippen LogP contribution < -0.4 is 0 Å². The largest absolute Gasteiger partial charge is 0.293 e. The van der Waals surface area contributed by atoms with Gasteiger partial charge in [-0.1, -0.05) is 48.5 Å². The molecule has 4 aromatic rings. The Balaban J connectivity index is 2.19.